The van der Waals surface area contributed by atoms with Crippen molar-refractivity contribution in [1.29, 1.82) is 0 Å². The third-order valence-electron chi connectivity index (χ3n) is 2.71. The molecule has 0 saturated carbocycles. The van der Waals surface area contributed by atoms with Gasteiger partial charge in [-0.1, -0.05) is 60.7 Å². The number of benzene rings is 2. The molecule has 0 fully saturated rings. The molecule has 20 heavy (non-hydrogen) atoms. The van der Waals surface area contributed by atoms with E-state index in [4.69, 9.17) is 4.55 Å². The van der Waals surface area contributed by atoms with Crippen LogP contribution >= 0.6 is 7.92 Å². The zero-order valence-corrected chi connectivity index (χ0v) is 15.0. The van der Waals surface area contributed by atoms with Crippen LogP contribution in [0.15, 0.2) is 60.7 Å². The topological polar surface area (TPSA) is 54.4 Å². The van der Waals surface area contributed by atoms with Gasteiger partial charge in [0.1, 0.15) is 0 Å². The van der Waals surface area contributed by atoms with Crippen LogP contribution < -0.4 is 10.6 Å². The molecule has 0 unspecified atom stereocenters. The van der Waals surface area contributed by atoms with Gasteiger partial charge in [0, 0.05) is 29.6 Å². The third kappa shape index (κ3) is 5.65. The molecule has 0 spiro atoms. The summed E-state index contributed by atoms with van der Waals surface area (Å²) in [6, 6.07) is 19.7. The molecule has 0 saturated heterocycles. The maximum atomic E-state index is 11.0. The molecule has 2 rings (SSSR count). The van der Waals surface area contributed by atoms with Crippen LogP contribution in [0.1, 0.15) is 0 Å². The minimum Gasteiger partial charge on any atom is -0.286 e. The van der Waals surface area contributed by atoms with Gasteiger partial charge in [0.25, 0.3) is 10.1 Å². The first kappa shape index (κ1) is 17.8. The van der Waals surface area contributed by atoms with E-state index in [1.54, 1.807) is 0 Å². The summed E-state index contributed by atoms with van der Waals surface area (Å²) in [7, 11) is -4.67. The Labute approximate surface area is 143 Å². The third-order valence-corrected chi connectivity index (χ3v) is 6.24. The van der Waals surface area contributed by atoms with Crippen LogP contribution in [0.3, 0.4) is 0 Å². The van der Waals surface area contributed by atoms with E-state index in [0.717, 1.165) is 10.6 Å². The van der Waals surface area contributed by atoms with Gasteiger partial charge in [0.05, 0.1) is 5.75 Å². The molecule has 1 N–H and O–H groups in total. The maximum absolute atomic E-state index is 11.0. The van der Waals surface area contributed by atoms with Gasteiger partial charge in [-0.2, -0.15) is 8.42 Å². The van der Waals surface area contributed by atoms with Gasteiger partial charge in [-0.25, -0.2) is 0 Å². The summed E-state index contributed by atoms with van der Waals surface area (Å²) in [6.07, 6.45) is 0.433. The summed E-state index contributed by atoms with van der Waals surface area (Å²) in [5, 5.41) is 2.24. The second-order valence-corrected chi connectivity index (χ2v) is 8.02. The summed E-state index contributed by atoms with van der Waals surface area (Å²) >= 11 is 0. The summed E-state index contributed by atoms with van der Waals surface area (Å²) in [5.41, 5.74) is 0. The van der Waals surface area contributed by atoms with E-state index in [9.17, 15) is 8.42 Å². The molecule has 101 valence electrons. The minimum absolute atomic E-state index is 0. The van der Waals surface area contributed by atoms with Gasteiger partial charge >= 0.3 is 0 Å². The standard InChI is InChI=1S/C14H15O3PS.Na/c15-19(16,17)12-11-18(13-7-3-1-4-8-13)14-9-5-2-6-10-14;/h1-10H,11-12H2,(H,15,16,17);. The van der Waals surface area contributed by atoms with Crippen molar-refractivity contribution in [1.82, 2.24) is 0 Å². The number of hydrogen-bond donors (Lipinski definition) is 1. The average molecular weight is 317 g/mol. The molecule has 0 amide bonds. The van der Waals surface area contributed by atoms with Gasteiger partial charge in [-0.3, -0.25) is 4.55 Å². The van der Waals surface area contributed by atoms with Gasteiger partial charge < -0.3 is 0 Å². The zero-order valence-electron chi connectivity index (χ0n) is 11.3. The van der Waals surface area contributed by atoms with Crippen molar-refractivity contribution in [2.75, 3.05) is 11.9 Å². The van der Waals surface area contributed by atoms with Crippen LogP contribution in [0.25, 0.3) is 0 Å². The Morgan fingerprint density at radius 1 is 0.850 bits per heavy atom. The average Bonchev–Trinajstić information content (AvgIpc) is 2.40. The van der Waals surface area contributed by atoms with Crippen LogP contribution in [0.4, 0.5) is 0 Å². The van der Waals surface area contributed by atoms with Crippen molar-refractivity contribution < 1.29 is 13.0 Å². The van der Waals surface area contributed by atoms with E-state index in [1.165, 1.54) is 0 Å². The molecular weight excluding hydrogens is 302 g/mol. The Hall–Kier alpha value is -0.220. The fourth-order valence-corrected chi connectivity index (χ4v) is 5.36. The smallest absolute Gasteiger partial charge is 0.265 e. The normalized spacial score (nSPS) is 11.1. The van der Waals surface area contributed by atoms with Crippen LogP contribution in [0.5, 0.6) is 0 Å². The molecule has 2 aromatic carbocycles. The fraction of sp³-hybridized carbons (Fsp3) is 0.143. The predicted molar refractivity (Wildman–Crippen MR) is 86.1 cm³/mol. The quantitative estimate of drug-likeness (QED) is 0.518. The SMILES string of the molecule is O=S(=O)(O)CCP(c1ccccc1)c1ccccc1.[Na]. The molecule has 0 atom stereocenters. The molecule has 0 bridgehead atoms. The van der Waals surface area contributed by atoms with Crippen molar-refractivity contribution in [2.45, 2.75) is 0 Å². The Morgan fingerprint density at radius 2 is 1.25 bits per heavy atom. The second-order valence-electron chi connectivity index (χ2n) is 4.11. The molecule has 2 aromatic rings. The Balaban J connectivity index is 0.00000200. The van der Waals surface area contributed by atoms with Crippen LogP contribution in [-0.2, 0) is 10.1 Å². The summed E-state index contributed by atoms with van der Waals surface area (Å²) in [4.78, 5) is 0. The molecular formula is C14H15NaO3PS. The van der Waals surface area contributed by atoms with Gasteiger partial charge in [0.2, 0.25) is 0 Å². The van der Waals surface area contributed by atoms with Crippen LogP contribution in [0.2, 0.25) is 0 Å². The predicted octanol–water partition coefficient (Wildman–Crippen LogP) is 1.63. The van der Waals surface area contributed by atoms with E-state index in [-0.39, 0.29) is 35.3 Å². The van der Waals surface area contributed by atoms with Gasteiger partial charge in [-0.05, 0) is 24.7 Å². The van der Waals surface area contributed by atoms with Crippen molar-refractivity contribution in [2.24, 2.45) is 0 Å². The molecule has 0 aliphatic rings. The Morgan fingerprint density at radius 3 is 1.60 bits per heavy atom. The van der Waals surface area contributed by atoms with E-state index in [2.05, 4.69) is 0 Å². The molecule has 0 heterocycles. The molecule has 6 heteroatoms. The summed E-state index contributed by atoms with van der Waals surface area (Å²) < 4.78 is 30.9. The number of rotatable bonds is 5. The molecule has 0 aliphatic heterocycles. The molecule has 0 aromatic heterocycles. The fourth-order valence-electron chi connectivity index (χ4n) is 1.83. The summed E-state index contributed by atoms with van der Waals surface area (Å²) in [5.74, 6) is -0.206. The zero-order chi connectivity index (χ0) is 13.7. The van der Waals surface area contributed by atoms with Crippen molar-refractivity contribution in [3.63, 3.8) is 0 Å². The first-order chi connectivity index (χ1) is 9.06. The van der Waals surface area contributed by atoms with Crippen LogP contribution in [0, 0.1) is 0 Å². The van der Waals surface area contributed by atoms with Crippen molar-refractivity contribution in [3.8, 4) is 0 Å². The molecule has 3 nitrogen and oxygen atoms in total. The van der Waals surface area contributed by atoms with E-state index >= 15 is 0 Å². The van der Waals surface area contributed by atoms with Gasteiger partial charge in [-0.15, -0.1) is 0 Å². The van der Waals surface area contributed by atoms with E-state index in [1.807, 2.05) is 60.7 Å². The molecule has 1 radical (unpaired) electrons. The minimum atomic E-state index is -3.92. The number of hydrogen-bond acceptors (Lipinski definition) is 2. The van der Waals surface area contributed by atoms with Gasteiger partial charge in [0.15, 0.2) is 0 Å². The van der Waals surface area contributed by atoms with E-state index in [0.29, 0.717) is 6.16 Å². The Bertz CT molecular complexity index is 578. The molecule has 0 aliphatic carbocycles. The Kier molecular flexibility index (Phi) is 7.38. The van der Waals surface area contributed by atoms with Crippen molar-refractivity contribution >= 4 is 58.2 Å². The monoisotopic (exact) mass is 317 g/mol. The second kappa shape index (κ2) is 8.28. The maximum Gasteiger partial charge on any atom is 0.265 e. The van der Waals surface area contributed by atoms with Crippen molar-refractivity contribution in [3.05, 3.63) is 60.7 Å². The largest absolute Gasteiger partial charge is 0.286 e. The van der Waals surface area contributed by atoms with Crippen LogP contribution in [-0.4, -0.2) is 54.4 Å². The van der Waals surface area contributed by atoms with E-state index < -0.39 is 18.0 Å². The summed E-state index contributed by atoms with van der Waals surface area (Å²) in [6.45, 7) is 0. The first-order valence-corrected chi connectivity index (χ1v) is 9.03. The first-order valence-electron chi connectivity index (χ1n) is 5.89.